The second kappa shape index (κ2) is 6.12. The Morgan fingerprint density at radius 2 is 1.94 bits per heavy atom. The summed E-state index contributed by atoms with van der Waals surface area (Å²) in [7, 11) is 5.94. The van der Waals surface area contributed by atoms with Crippen molar-refractivity contribution in [3.05, 3.63) is 11.7 Å². The quantitative estimate of drug-likeness (QED) is 0.816. The number of hydrogen-bond acceptors (Lipinski definition) is 5. The molecule has 1 N–H and O–H groups in total. The van der Waals surface area contributed by atoms with Crippen molar-refractivity contribution in [2.24, 2.45) is 5.92 Å². The fourth-order valence-electron chi connectivity index (χ4n) is 2.01. The van der Waals surface area contributed by atoms with Crippen LogP contribution >= 0.6 is 0 Å². The van der Waals surface area contributed by atoms with E-state index >= 15 is 0 Å². The average Bonchev–Trinajstić information content (AvgIpc) is 2.64. The topological polar surface area (TPSA) is 54.2 Å². The van der Waals surface area contributed by atoms with E-state index in [4.69, 9.17) is 4.52 Å². The molecule has 1 aromatic heterocycles. The zero-order valence-corrected chi connectivity index (χ0v) is 11.7. The van der Waals surface area contributed by atoms with E-state index < -0.39 is 0 Å². The first-order valence-electron chi connectivity index (χ1n) is 6.10. The minimum Gasteiger partial charge on any atom is -0.339 e. The highest BCUT2D eigenvalue weighted by molar-refractivity contribution is 4.99. The first-order chi connectivity index (χ1) is 7.95. The molecule has 0 radical (unpaired) electrons. The van der Waals surface area contributed by atoms with Gasteiger partial charge >= 0.3 is 0 Å². The number of nitrogens with one attached hydrogen (secondary N) is 1. The summed E-state index contributed by atoms with van der Waals surface area (Å²) in [6.45, 7) is 7.20. The van der Waals surface area contributed by atoms with Gasteiger partial charge in [0.25, 0.3) is 0 Å². The zero-order valence-electron chi connectivity index (χ0n) is 11.7. The van der Waals surface area contributed by atoms with Crippen molar-refractivity contribution in [3.8, 4) is 0 Å². The summed E-state index contributed by atoms with van der Waals surface area (Å²) < 4.78 is 5.38. The van der Waals surface area contributed by atoms with Gasteiger partial charge in [0, 0.05) is 6.04 Å². The summed E-state index contributed by atoms with van der Waals surface area (Å²) in [5.41, 5.74) is 0. The maximum absolute atomic E-state index is 5.38. The number of hydrogen-bond donors (Lipinski definition) is 1. The Bertz CT molecular complexity index is 335. The third kappa shape index (κ3) is 3.78. The second-order valence-corrected chi connectivity index (χ2v) is 5.13. The van der Waals surface area contributed by atoms with E-state index in [1.165, 1.54) is 0 Å². The summed E-state index contributed by atoms with van der Waals surface area (Å²) in [5, 5.41) is 7.28. The molecule has 0 spiro atoms. The molecule has 1 aromatic rings. The Labute approximate surface area is 104 Å². The molecule has 0 aromatic carbocycles. The van der Waals surface area contributed by atoms with Gasteiger partial charge in [-0.2, -0.15) is 4.98 Å². The summed E-state index contributed by atoms with van der Waals surface area (Å²) in [6.07, 6.45) is 0. The predicted molar refractivity (Wildman–Crippen MR) is 67.8 cm³/mol. The molecule has 0 aliphatic heterocycles. The van der Waals surface area contributed by atoms with Crippen LogP contribution in [-0.2, 0) is 6.54 Å². The molecule has 0 bridgehead atoms. The molecule has 0 aliphatic carbocycles. The molecule has 0 fully saturated rings. The molecule has 2 unspecified atom stereocenters. The van der Waals surface area contributed by atoms with Crippen LogP contribution in [0.3, 0.4) is 0 Å². The lowest BCUT2D eigenvalue weighted by molar-refractivity contribution is 0.282. The lowest BCUT2D eigenvalue weighted by Gasteiger charge is -2.23. The Morgan fingerprint density at radius 1 is 1.29 bits per heavy atom. The van der Waals surface area contributed by atoms with E-state index in [1.54, 1.807) is 0 Å². The number of likely N-dealkylation sites (N-methyl/N-ethyl adjacent to an activating group) is 1. The van der Waals surface area contributed by atoms with E-state index in [0.29, 0.717) is 18.5 Å². The van der Waals surface area contributed by atoms with Crippen LogP contribution in [0.2, 0.25) is 0 Å². The fourth-order valence-corrected chi connectivity index (χ4v) is 2.01. The van der Waals surface area contributed by atoms with Crippen molar-refractivity contribution in [1.82, 2.24) is 20.4 Å². The van der Waals surface area contributed by atoms with Gasteiger partial charge in [-0.25, -0.2) is 0 Å². The Balaban J connectivity index is 2.84. The number of nitrogens with zero attached hydrogens (tertiary/aromatic N) is 3. The summed E-state index contributed by atoms with van der Waals surface area (Å²) in [4.78, 5) is 6.51. The molecule has 98 valence electrons. The van der Waals surface area contributed by atoms with Crippen molar-refractivity contribution in [2.75, 3.05) is 21.1 Å². The Kier molecular flexibility index (Phi) is 5.08. The maximum Gasteiger partial charge on any atom is 0.231 e. The fraction of sp³-hybridized carbons (Fsp3) is 0.833. The van der Waals surface area contributed by atoms with Gasteiger partial charge in [-0.15, -0.1) is 0 Å². The van der Waals surface area contributed by atoms with E-state index in [2.05, 4.69) is 36.2 Å². The third-order valence-corrected chi connectivity index (χ3v) is 2.94. The summed E-state index contributed by atoms with van der Waals surface area (Å²) in [5.74, 6) is 2.20. The molecule has 1 heterocycles. The summed E-state index contributed by atoms with van der Waals surface area (Å²) >= 11 is 0. The van der Waals surface area contributed by atoms with Gasteiger partial charge in [0.2, 0.25) is 5.89 Å². The normalized spacial score (nSPS) is 15.5. The monoisotopic (exact) mass is 240 g/mol. The van der Waals surface area contributed by atoms with Gasteiger partial charge in [0.05, 0.1) is 12.5 Å². The Hall–Kier alpha value is -0.940. The highest BCUT2D eigenvalue weighted by Crippen LogP contribution is 2.26. The van der Waals surface area contributed by atoms with E-state index in [1.807, 2.05) is 26.0 Å². The number of rotatable bonds is 6. The molecule has 1 rings (SSSR count). The van der Waals surface area contributed by atoms with Gasteiger partial charge in [-0.05, 0) is 34.0 Å². The number of aromatic nitrogens is 2. The second-order valence-electron chi connectivity index (χ2n) is 5.13. The van der Waals surface area contributed by atoms with Crippen LogP contribution < -0.4 is 5.32 Å². The van der Waals surface area contributed by atoms with E-state index in [0.717, 1.165) is 11.7 Å². The van der Waals surface area contributed by atoms with Crippen molar-refractivity contribution < 1.29 is 4.52 Å². The molecule has 0 aliphatic rings. The van der Waals surface area contributed by atoms with Crippen LogP contribution in [0.4, 0.5) is 0 Å². The average molecular weight is 240 g/mol. The largest absolute Gasteiger partial charge is 0.339 e. The molecular formula is C12H24N4O. The van der Waals surface area contributed by atoms with Crippen molar-refractivity contribution >= 4 is 0 Å². The molecule has 17 heavy (non-hydrogen) atoms. The zero-order chi connectivity index (χ0) is 13.0. The smallest absolute Gasteiger partial charge is 0.231 e. The Morgan fingerprint density at radius 3 is 2.41 bits per heavy atom. The minimum absolute atomic E-state index is 0.253. The van der Waals surface area contributed by atoms with Crippen molar-refractivity contribution in [2.45, 2.75) is 39.3 Å². The van der Waals surface area contributed by atoms with Crippen LogP contribution in [-0.4, -0.2) is 42.2 Å². The van der Waals surface area contributed by atoms with Crippen LogP contribution in [0, 0.1) is 5.92 Å². The van der Waals surface area contributed by atoms with Gasteiger partial charge < -0.3 is 14.7 Å². The molecule has 0 saturated carbocycles. The third-order valence-electron chi connectivity index (χ3n) is 2.94. The van der Waals surface area contributed by atoms with E-state index in [-0.39, 0.29) is 5.92 Å². The van der Waals surface area contributed by atoms with Gasteiger partial charge in [0.15, 0.2) is 5.82 Å². The highest BCUT2D eigenvalue weighted by Gasteiger charge is 2.27. The van der Waals surface area contributed by atoms with Gasteiger partial charge in [0.1, 0.15) is 0 Å². The molecule has 2 atom stereocenters. The predicted octanol–water partition coefficient (Wildman–Crippen LogP) is 1.48. The standard InChI is InChI=1S/C12H24N4O/c1-8(2)11(9(3)13-4)12-14-10(15-17-12)7-16(5)6/h8-9,11,13H,7H2,1-6H3. The van der Waals surface area contributed by atoms with Crippen LogP contribution in [0.15, 0.2) is 4.52 Å². The first-order valence-corrected chi connectivity index (χ1v) is 6.10. The van der Waals surface area contributed by atoms with Gasteiger partial charge in [-0.3, -0.25) is 0 Å². The first kappa shape index (κ1) is 14.1. The van der Waals surface area contributed by atoms with Crippen LogP contribution in [0.1, 0.15) is 38.4 Å². The van der Waals surface area contributed by atoms with Crippen LogP contribution in [0.25, 0.3) is 0 Å². The van der Waals surface area contributed by atoms with Crippen molar-refractivity contribution in [3.63, 3.8) is 0 Å². The highest BCUT2D eigenvalue weighted by atomic mass is 16.5. The summed E-state index contributed by atoms with van der Waals surface area (Å²) in [6, 6.07) is 0.322. The molecule has 0 saturated heterocycles. The molecule has 5 nitrogen and oxygen atoms in total. The lowest BCUT2D eigenvalue weighted by Crippen LogP contribution is -2.32. The lowest BCUT2D eigenvalue weighted by atomic mass is 9.89. The van der Waals surface area contributed by atoms with Crippen LogP contribution in [0.5, 0.6) is 0 Å². The minimum atomic E-state index is 0.253. The van der Waals surface area contributed by atoms with E-state index in [9.17, 15) is 0 Å². The molecule has 5 heteroatoms. The molecule has 0 amide bonds. The molecular weight excluding hydrogens is 216 g/mol. The van der Waals surface area contributed by atoms with Gasteiger partial charge in [-0.1, -0.05) is 19.0 Å². The SMILES string of the molecule is CNC(C)C(c1nc(CN(C)C)no1)C(C)C. The van der Waals surface area contributed by atoms with Crippen molar-refractivity contribution in [1.29, 1.82) is 0 Å². The maximum atomic E-state index is 5.38.